The van der Waals surface area contributed by atoms with E-state index in [-0.39, 0.29) is 30.5 Å². The number of carbonyl (C=O) groups excluding carboxylic acids is 3. The lowest BCUT2D eigenvalue weighted by molar-refractivity contribution is -0.180. The molecule has 0 aromatic carbocycles. The van der Waals surface area contributed by atoms with Gasteiger partial charge < -0.3 is 15.2 Å². The van der Waals surface area contributed by atoms with E-state index < -0.39 is 23.4 Å². The molecule has 1 aliphatic rings. The average Bonchev–Trinajstić information content (AvgIpc) is 3.07. The normalized spacial score (nSPS) is 13.2. The van der Waals surface area contributed by atoms with Gasteiger partial charge in [-0.25, -0.2) is 34.5 Å². The van der Waals surface area contributed by atoms with Crippen molar-refractivity contribution >= 4 is 35.7 Å². The Bertz CT molecular complexity index is 1360. The Morgan fingerprint density at radius 1 is 0.907 bits per heavy atom. The number of nitrogens with zero attached hydrogens (tertiary/aromatic N) is 6. The summed E-state index contributed by atoms with van der Waals surface area (Å²) in [7, 11) is 0. The number of aromatic nitrogens is 3. The van der Waals surface area contributed by atoms with E-state index in [1.54, 1.807) is 72.3 Å². The number of hydrogen-bond acceptors (Lipinski definition) is 11. The molecule has 0 bridgehead atoms. The first-order valence-corrected chi connectivity index (χ1v) is 14.1. The number of fused-ring (bicyclic) bond motifs is 1. The summed E-state index contributed by atoms with van der Waals surface area (Å²) in [5, 5.41) is 1.34. The van der Waals surface area contributed by atoms with Crippen molar-refractivity contribution in [3.63, 3.8) is 0 Å². The van der Waals surface area contributed by atoms with E-state index in [1.807, 2.05) is 13.8 Å². The van der Waals surface area contributed by atoms with Gasteiger partial charge in [0.25, 0.3) is 5.91 Å². The first-order valence-electron chi connectivity index (χ1n) is 14.1. The molecule has 13 heteroatoms. The summed E-state index contributed by atoms with van der Waals surface area (Å²) in [6.45, 7) is 14.5. The van der Waals surface area contributed by atoms with Crippen LogP contribution in [0.5, 0.6) is 0 Å². The van der Waals surface area contributed by atoms with Crippen molar-refractivity contribution in [2.75, 3.05) is 13.2 Å². The number of ether oxygens (including phenoxy) is 2. The number of hydrogen-bond donors (Lipinski definition) is 1. The molecule has 0 unspecified atom stereocenters. The van der Waals surface area contributed by atoms with E-state index in [0.717, 1.165) is 11.3 Å². The van der Waals surface area contributed by atoms with E-state index in [0.29, 0.717) is 41.2 Å². The number of pyridine rings is 1. The lowest BCUT2D eigenvalue weighted by Crippen LogP contribution is -2.43. The second-order valence-corrected chi connectivity index (χ2v) is 11.8. The standard InChI is InChI=1S/C30H41N7O6/c1-9-11-37(41-10-2)26(38)19-12-22-23(35-24(31)14-19)13-20(15-32-22)21-16-33-25(34-17-21)18-36(27(39)42-29(3,4)5)28(40)43-30(6,7)8/h12-13,15-17H,9-11,14,18H2,1-8H3,(H2,31,35). The largest absolute Gasteiger partial charge is 0.443 e. The van der Waals surface area contributed by atoms with Crippen LogP contribution in [0.3, 0.4) is 0 Å². The summed E-state index contributed by atoms with van der Waals surface area (Å²) in [5.41, 5.74) is 7.19. The highest BCUT2D eigenvalue weighted by molar-refractivity contribution is 6.05. The zero-order chi connectivity index (χ0) is 31.9. The van der Waals surface area contributed by atoms with Crippen molar-refractivity contribution in [3.05, 3.63) is 41.7 Å². The van der Waals surface area contributed by atoms with Crippen LogP contribution in [0.4, 0.5) is 15.3 Å². The summed E-state index contributed by atoms with van der Waals surface area (Å²) >= 11 is 0. The molecule has 0 fully saturated rings. The lowest BCUT2D eigenvalue weighted by Gasteiger charge is -2.28. The molecule has 232 valence electrons. The Morgan fingerprint density at radius 2 is 1.49 bits per heavy atom. The monoisotopic (exact) mass is 595 g/mol. The molecule has 2 aromatic heterocycles. The highest BCUT2D eigenvalue weighted by Gasteiger charge is 2.32. The van der Waals surface area contributed by atoms with Crippen molar-refractivity contribution < 1.29 is 28.7 Å². The summed E-state index contributed by atoms with van der Waals surface area (Å²) < 4.78 is 10.8. The molecule has 2 aromatic rings. The van der Waals surface area contributed by atoms with Gasteiger partial charge in [-0.1, -0.05) is 6.92 Å². The molecule has 0 saturated heterocycles. The fourth-order valence-electron chi connectivity index (χ4n) is 3.87. The third-order valence-corrected chi connectivity index (χ3v) is 5.62. The molecule has 0 spiro atoms. The lowest BCUT2D eigenvalue weighted by atomic mass is 10.1. The minimum Gasteiger partial charge on any atom is -0.443 e. The molecule has 43 heavy (non-hydrogen) atoms. The van der Waals surface area contributed by atoms with Crippen LogP contribution in [-0.2, 0) is 25.7 Å². The highest BCUT2D eigenvalue weighted by Crippen LogP contribution is 2.30. The van der Waals surface area contributed by atoms with E-state index in [1.165, 1.54) is 5.06 Å². The zero-order valence-electron chi connectivity index (χ0n) is 26.1. The van der Waals surface area contributed by atoms with Gasteiger partial charge in [0.05, 0.1) is 24.5 Å². The van der Waals surface area contributed by atoms with Gasteiger partial charge in [0, 0.05) is 48.3 Å². The van der Waals surface area contributed by atoms with Crippen LogP contribution in [-0.4, -0.2) is 73.2 Å². The molecule has 1 aliphatic heterocycles. The molecule has 0 radical (unpaired) electrons. The fraction of sp³-hybridized carbons (Fsp3) is 0.500. The van der Waals surface area contributed by atoms with E-state index >= 15 is 0 Å². The molecule has 2 N–H and O–H groups in total. The second kappa shape index (κ2) is 13.7. The van der Waals surface area contributed by atoms with Gasteiger partial charge in [0.2, 0.25) is 0 Å². The topological polar surface area (TPSA) is 162 Å². The van der Waals surface area contributed by atoms with Gasteiger partial charge in [0.15, 0.2) is 0 Å². The number of nitrogens with two attached hydrogens (primary N) is 1. The van der Waals surface area contributed by atoms with E-state index in [9.17, 15) is 14.4 Å². The van der Waals surface area contributed by atoms with Crippen LogP contribution in [0.2, 0.25) is 0 Å². The third-order valence-electron chi connectivity index (χ3n) is 5.62. The molecule has 3 rings (SSSR count). The van der Waals surface area contributed by atoms with Crippen LogP contribution in [0.25, 0.3) is 17.2 Å². The van der Waals surface area contributed by atoms with Crippen molar-refractivity contribution in [1.82, 2.24) is 24.9 Å². The molecular weight excluding hydrogens is 554 g/mol. The molecule has 0 aliphatic carbocycles. The van der Waals surface area contributed by atoms with Gasteiger partial charge in [-0.3, -0.25) is 14.6 Å². The van der Waals surface area contributed by atoms with E-state index in [2.05, 4.69) is 19.9 Å². The molecule has 3 heterocycles. The SMILES string of the molecule is CCCN(OCC)C(=O)C1=Cc2ncc(-c3cnc(CN(C(=O)OC(C)(C)C)C(=O)OC(C)(C)C)nc3)cc2N=C(N)C1. The third kappa shape index (κ3) is 9.57. The maximum absolute atomic E-state index is 13.1. The van der Waals surface area contributed by atoms with Gasteiger partial charge in [-0.15, -0.1) is 0 Å². The fourth-order valence-corrected chi connectivity index (χ4v) is 3.87. The Labute approximate surface area is 252 Å². The molecule has 0 atom stereocenters. The molecule has 3 amide bonds. The average molecular weight is 596 g/mol. The quantitative estimate of drug-likeness (QED) is 0.403. The Morgan fingerprint density at radius 3 is 2.02 bits per heavy atom. The molecule has 0 saturated carbocycles. The van der Waals surface area contributed by atoms with Crippen LogP contribution in [0.15, 0.2) is 35.2 Å². The van der Waals surface area contributed by atoms with Crippen LogP contribution < -0.4 is 5.73 Å². The Kier molecular flexibility index (Phi) is 10.6. The minimum atomic E-state index is -0.871. The maximum atomic E-state index is 13.1. The van der Waals surface area contributed by atoms with Crippen LogP contribution in [0, 0.1) is 0 Å². The minimum absolute atomic E-state index is 0.154. The number of amides is 3. The van der Waals surface area contributed by atoms with Crippen molar-refractivity contribution in [2.45, 2.75) is 86.0 Å². The smallest absolute Gasteiger partial charge is 0.420 e. The summed E-state index contributed by atoms with van der Waals surface area (Å²) in [5.74, 6) is 0.181. The van der Waals surface area contributed by atoms with Crippen LogP contribution in [0.1, 0.15) is 79.7 Å². The highest BCUT2D eigenvalue weighted by atomic mass is 16.7. The van der Waals surface area contributed by atoms with Crippen molar-refractivity contribution in [1.29, 1.82) is 0 Å². The van der Waals surface area contributed by atoms with Gasteiger partial charge in [0.1, 0.15) is 22.9 Å². The first kappa shape index (κ1) is 33.1. The number of rotatable bonds is 8. The Balaban J connectivity index is 1.86. The van der Waals surface area contributed by atoms with Gasteiger partial charge in [-0.2, -0.15) is 0 Å². The van der Waals surface area contributed by atoms with Crippen molar-refractivity contribution in [2.24, 2.45) is 10.7 Å². The number of aliphatic imine (C=N–C) groups is 1. The predicted octanol–water partition coefficient (Wildman–Crippen LogP) is 5.18. The number of imide groups is 1. The number of amidine groups is 1. The number of hydroxylamine groups is 2. The van der Waals surface area contributed by atoms with Gasteiger partial charge in [-0.05, 0) is 67.0 Å². The summed E-state index contributed by atoms with van der Waals surface area (Å²) in [6.07, 6.45) is 5.54. The maximum Gasteiger partial charge on any atom is 0.420 e. The zero-order valence-corrected chi connectivity index (χ0v) is 26.1. The molecular formula is C30H41N7O6. The van der Waals surface area contributed by atoms with Crippen molar-refractivity contribution in [3.8, 4) is 11.1 Å². The summed E-state index contributed by atoms with van der Waals surface area (Å²) in [6, 6.07) is 1.78. The number of carbonyl (C=O) groups is 3. The van der Waals surface area contributed by atoms with Gasteiger partial charge >= 0.3 is 12.2 Å². The van der Waals surface area contributed by atoms with Crippen LogP contribution >= 0.6 is 0 Å². The summed E-state index contributed by atoms with van der Waals surface area (Å²) in [4.78, 5) is 62.8. The first-order chi connectivity index (χ1) is 20.1. The Hall–Kier alpha value is -4.39. The van der Waals surface area contributed by atoms with E-state index in [4.69, 9.17) is 20.0 Å². The predicted molar refractivity (Wildman–Crippen MR) is 161 cm³/mol. The molecule has 13 nitrogen and oxygen atoms in total. The second-order valence-electron chi connectivity index (χ2n) is 11.8.